The summed E-state index contributed by atoms with van der Waals surface area (Å²) in [5.41, 5.74) is 3.24. The third-order valence-electron chi connectivity index (χ3n) is 4.35. The molecule has 0 aliphatic heterocycles. The van der Waals surface area contributed by atoms with Crippen LogP contribution >= 0.6 is 11.6 Å². The summed E-state index contributed by atoms with van der Waals surface area (Å²) in [5.74, 6) is 0.271. The topological polar surface area (TPSA) is 50.2 Å². The zero-order chi connectivity index (χ0) is 18.7. The van der Waals surface area contributed by atoms with Crippen LogP contribution in [0.25, 0.3) is 5.69 Å². The average molecular weight is 363 g/mol. The number of halogens is 1. The third-order valence-corrected chi connectivity index (χ3v) is 4.68. The zero-order valence-corrected chi connectivity index (χ0v) is 16.6. The van der Waals surface area contributed by atoms with E-state index in [0.29, 0.717) is 23.0 Å². The van der Waals surface area contributed by atoms with E-state index in [9.17, 15) is 4.79 Å². The van der Waals surface area contributed by atoms with E-state index in [4.69, 9.17) is 11.6 Å². The molecular formula is C19H27ClN4O. The minimum atomic E-state index is -0.166. The molecule has 0 aliphatic rings. The standard InChI is InChI=1S/C19H27ClN4O/c1-12(2)18(23(5)6)11-21-19(25)16-10-15(7-8-17(16)20)24-14(4)9-13(3)22-24/h7-10,12,18H,11H2,1-6H3,(H,21,25)/t18-/m1/s1. The minimum Gasteiger partial charge on any atom is -0.350 e. The number of carbonyl (C=O) groups excluding carboxylic acids is 1. The second-order valence-electron chi connectivity index (χ2n) is 6.99. The summed E-state index contributed by atoms with van der Waals surface area (Å²) >= 11 is 6.26. The first kappa shape index (κ1) is 19.5. The maximum Gasteiger partial charge on any atom is 0.252 e. The van der Waals surface area contributed by atoms with Crippen LogP contribution in [0, 0.1) is 19.8 Å². The highest BCUT2D eigenvalue weighted by molar-refractivity contribution is 6.33. The lowest BCUT2D eigenvalue weighted by molar-refractivity contribution is 0.0935. The molecule has 1 atom stereocenters. The fourth-order valence-corrected chi connectivity index (χ4v) is 3.22. The number of nitrogens with one attached hydrogen (secondary N) is 1. The van der Waals surface area contributed by atoms with Crippen LogP contribution in [0.2, 0.25) is 5.02 Å². The first-order chi connectivity index (χ1) is 11.7. The number of rotatable bonds is 6. The largest absolute Gasteiger partial charge is 0.350 e. The molecule has 1 amide bonds. The summed E-state index contributed by atoms with van der Waals surface area (Å²) in [7, 11) is 4.04. The van der Waals surface area contributed by atoms with Gasteiger partial charge in [-0.15, -0.1) is 0 Å². The predicted octanol–water partition coefficient (Wildman–Crippen LogP) is 3.46. The van der Waals surface area contributed by atoms with Gasteiger partial charge in [0, 0.05) is 18.3 Å². The van der Waals surface area contributed by atoms with Gasteiger partial charge in [0.2, 0.25) is 0 Å². The van der Waals surface area contributed by atoms with Gasteiger partial charge in [-0.05, 0) is 58.1 Å². The highest BCUT2D eigenvalue weighted by Crippen LogP contribution is 2.21. The molecule has 1 aromatic heterocycles. The van der Waals surface area contributed by atoms with Crippen LogP contribution in [0.15, 0.2) is 24.3 Å². The molecule has 5 nitrogen and oxygen atoms in total. The van der Waals surface area contributed by atoms with E-state index < -0.39 is 0 Å². The molecule has 0 saturated carbocycles. The van der Waals surface area contributed by atoms with Crippen molar-refractivity contribution in [2.75, 3.05) is 20.6 Å². The lowest BCUT2D eigenvalue weighted by Gasteiger charge is -2.28. The van der Waals surface area contributed by atoms with Crippen molar-refractivity contribution in [2.24, 2.45) is 5.92 Å². The normalized spacial score (nSPS) is 12.7. The monoisotopic (exact) mass is 362 g/mol. The highest BCUT2D eigenvalue weighted by atomic mass is 35.5. The molecule has 2 rings (SSSR count). The fraction of sp³-hybridized carbons (Fsp3) is 0.474. The smallest absolute Gasteiger partial charge is 0.252 e. The summed E-state index contributed by atoms with van der Waals surface area (Å²) in [5, 5.41) is 7.91. The van der Waals surface area contributed by atoms with Gasteiger partial charge in [0.15, 0.2) is 0 Å². The van der Waals surface area contributed by atoms with Crippen molar-refractivity contribution in [2.45, 2.75) is 33.7 Å². The van der Waals surface area contributed by atoms with Gasteiger partial charge >= 0.3 is 0 Å². The van der Waals surface area contributed by atoms with Crippen molar-refractivity contribution in [1.82, 2.24) is 20.0 Å². The van der Waals surface area contributed by atoms with Crippen LogP contribution in [0.3, 0.4) is 0 Å². The Morgan fingerprint density at radius 2 is 1.96 bits per heavy atom. The lowest BCUT2D eigenvalue weighted by Crippen LogP contribution is -2.43. The van der Waals surface area contributed by atoms with Crippen molar-refractivity contribution in [3.63, 3.8) is 0 Å². The molecule has 0 unspecified atom stereocenters. The molecule has 0 bridgehead atoms. The highest BCUT2D eigenvalue weighted by Gasteiger charge is 2.19. The molecule has 1 heterocycles. The maximum atomic E-state index is 12.6. The number of amides is 1. The van der Waals surface area contributed by atoms with E-state index in [1.165, 1.54) is 0 Å². The second-order valence-corrected chi connectivity index (χ2v) is 7.40. The Hall–Kier alpha value is -1.85. The van der Waals surface area contributed by atoms with E-state index in [1.54, 1.807) is 12.1 Å². The molecular weight excluding hydrogens is 336 g/mol. The molecule has 1 N–H and O–H groups in total. The first-order valence-corrected chi connectivity index (χ1v) is 8.86. The van der Waals surface area contributed by atoms with Gasteiger partial charge < -0.3 is 10.2 Å². The summed E-state index contributed by atoms with van der Waals surface area (Å²) < 4.78 is 1.82. The number of benzene rings is 1. The Morgan fingerprint density at radius 1 is 1.28 bits per heavy atom. The van der Waals surface area contributed by atoms with Crippen LogP contribution in [-0.4, -0.2) is 47.3 Å². The second kappa shape index (κ2) is 8.02. The maximum absolute atomic E-state index is 12.6. The van der Waals surface area contributed by atoms with Crippen LogP contribution in [0.5, 0.6) is 0 Å². The molecule has 6 heteroatoms. The van der Waals surface area contributed by atoms with Crippen LogP contribution in [-0.2, 0) is 0 Å². The summed E-state index contributed by atoms with van der Waals surface area (Å²) in [6.07, 6.45) is 0. The number of carbonyl (C=O) groups is 1. The van der Waals surface area contributed by atoms with E-state index >= 15 is 0 Å². The SMILES string of the molecule is Cc1cc(C)n(-c2ccc(Cl)c(C(=O)NC[C@H](C(C)C)N(C)C)c2)n1. The van der Waals surface area contributed by atoms with Gasteiger partial charge in [-0.2, -0.15) is 5.10 Å². The Kier molecular flexibility index (Phi) is 6.25. The average Bonchev–Trinajstić information content (AvgIpc) is 2.85. The molecule has 0 radical (unpaired) electrons. The Bertz CT molecular complexity index is 744. The van der Waals surface area contributed by atoms with Crippen LogP contribution < -0.4 is 5.32 Å². The zero-order valence-electron chi connectivity index (χ0n) is 15.8. The molecule has 0 spiro atoms. The molecule has 0 aliphatic carbocycles. The van der Waals surface area contributed by atoms with Gasteiger partial charge in [-0.25, -0.2) is 4.68 Å². The summed E-state index contributed by atoms with van der Waals surface area (Å²) in [6.45, 7) is 8.80. The van der Waals surface area contributed by atoms with Crippen molar-refractivity contribution in [3.05, 3.63) is 46.2 Å². The third kappa shape index (κ3) is 4.61. The molecule has 136 valence electrons. The van der Waals surface area contributed by atoms with Gasteiger partial charge in [0.1, 0.15) is 0 Å². The van der Waals surface area contributed by atoms with Crippen molar-refractivity contribution in [3.8, 4) is 5.69 Å². The quantitative estimate of drug-likeness (QED) is 0.856. The Balaban J connectivity index is 2.22. The number of hydrogen-bond donors (Lipinski definition) is 1. The predicted molar refractivity (Wildman–Crippen MR) is 103 cm³/mol. The Morgan fingerprint density at radius 3 is 2.48 bits per heavy atom. The van der Waals surface area contributed by atoms with E-state index in [-0.39, 0.29) is 11.9 Å². The van der Waals surface area contributed by atoms with E-state index in [0.717, 1.165) is 17.1 Å². The van der Waals surface area contributed by atoms with Crippen molar-refractivity contribution in [1.29, 1.82) is 0 Å². The summed E-state index contributed by atoms with van der Waals surface area (Å²) in [6, 6.07) is 7.67. The lowest BCUT2D eigenvalue weighted by atomic mass is 10.0. The minimum absolute atomic E-state index is 0.166. The first-order valence-electron chi connectivity index (χ1n) is 8.48. The van der Waals surface area contributed by atoms with Crippen molar-refractivity contribution < 1.29 is 4.79 Å². The van der Waals surface area contributed by atoms with Gasteiger partial charge in [0.25, 0.3) is 5.91 Å². The van der Waals surface area contributed by atoms with Crippen LogP contribution in [0.1, 0.15) is 35.6 Å². The van der Waals surface area contributed by atoms with E-state index in [2.05, 4.69) is 29.2 Å². The van der Waals surface area contributed by atoms with E-state index in [1.807, 2.05) is 44.8 Å². The number of likely N-dealkylation sites (N-methyl/N-ethyl adjacent to an activating group) is 1. The fourth-order valence-electron chi connectivity index (χ4n) is 3.02. The molecule has 1 aromatic carbocycles. The number of aromatic nitrogens is 2. The molecule has 0 fully saturated rings. The van der Waals surface area contributed by atoms with Crippen molar-refractivity contribution >= 4 is 17.5 Å². The summed E-state index contributed by atoms with van der Waals surface area (Å²) in [4.78, 5) is 14.8. The molecule has 0 saturated heterocycles. The number of hydrogen-bond acceptors (Lipinski definition) is 3. The van der Waals surface area contributed by atoms with Gasteiger partial charge in [-0.1, -0.05) is 25.4 Å². The molecule has 2 aromatic rings. The number of nitrogens with zero attached hydrogens (tertiary/aromatic N) is 3. The van der Waals surface area contributed by atoms with Gasteiger partial charge in [-0.3, -0.25) is 4.79 Å². The Labute approximate surface area is 155 Å². The van der Waals surface area contributed by atoms with Gasteiger partial charge in [0.05, 0.1) is 22.0 Å². The molecule has 25 heavy (non-hydrogen) atoms. The van der Waals surface area contributed by atoms with Crippen LogP contribution in [0.4, 0.5) is 0 Å². The number of aryl methyl sites for hydroxylation is 2.